The lowest BCUT2D eigenvalue weighted by atomic mass is 10.3. The van der Waals surface area contributed by atoms with Crippen LogP contribution in [0.25, 0.3) is 5.69 Å². The molecule has 0 aliphatic rings. The number of thioether (sulfide) groups is 1. The van der Waals surface area contributed by atoms with Crippen LogP contribution in [0.1, 0.15) is 6.92 Å². The lowest BCUT2D eigenvalue weighted by molar-refractivity contribution is -0.118. The van der Waals surface area contributed by atoms with Gasteiger partial charge in [0.1, 0.15) is 0 Å². The molecular formula is C12H11Cl2N3OS3. The first kappa shape index (κ1) is 16.8. The van der Waals surface area contributed by atoms with Gasteiger partial charge in [0, 0.05) is 6.54 Å². The Kier molecular flexibility index (Phi) is 6.07. The van der Waals surface area contributed by atoms with Crippen molar-refractivity contribution >= 4 is 64.4 Å². The van der Waals surface area contributed by atoms with E-state index < -0.39 is 0 Å². The SMILES string of the molecule is CCNC(=O)CSc1nn(-c2ccc(Cl)c(Cl)c2)c(=S)s1. The number of amides is 1. The van der Waals surface area contributed by atoms with Crippen molar-refractivity contribution in [2.45, 2.75) is 11.3 Å². The molecule has 0 aliphatic carbocycles. The Bertz CT molecular complexity index is 714. The summed E-state index contributed by atoms with van der Waals surface area (Å²) in [6, 6.07) is 5.20. The summed E-state index contributed by atoms with van der Waals surface area (Å²) in [5.41, 5.74) is 0.746. The van der Waals surface area contributed by atoms with Gasteiger partial charge in [-0.2, -0.15) is 0 Å². The van der Waals surface area contributed by atoms with E-state index in [1.165, 1.54) is 23.1 Å². The van der Waals surface area contributed by atoms with Crippen LogP contribution in [-0.2, 0) is 4.79 Å². The summed E-state index contributed by atoms with van der Waals surface area (Å²) in [5.74, 6) is 0.294. The molecule has 0 aliphatic heterocycles. The zero-order valence-corrected chi connectivity index (χ0v) is 14.9. The van der Waals surface area contributed by atoms with Gasteiger partial charge in [-0.05, 0) is 37.3 Å². The normalized spacial score (nSPS) is 10.6. The summed E-state index contributed by atoms with van der Waals surface area (Å²) in [4.78, 5) is 11.4. The number of carbonyl (C=O) groups excluding carboxylic acids is 1. The third-order valence-corrected chi connectivity index (χ3v) is 5.48. The Morgan fingerprint density at radius 3 is 2.90 bits per heavy atom. The molecule has 112 valence electrons. The third kappa shape index (κ3) is 4.43. The molecule has 1 heterocycles. The molecule has 9 heteroatoms. The van der Waals surface area contributed by atoms with Gasteiger partial charge >= 0.3 is 0 Å². The molecule has 0 bridgehead atoms. The molecule has 0 fully saturated rings. The number of benzene rings is 1. The van der Waals surface area contributed by atoms with Crippen LogP contribution in [0.15, 0.2) is 22.5 Å². The van der Waals surface area contributed by atoms with Crippen molar-refractivity contribution in [2.75, 3.05) is 12.3 Å². The van der Waals surface area contributed by atoms with E-state index in [9.17, 15) is 4.79 Å². The molecule has 0 radical (unpaired) electrons. The molecule has 1 N–H and O–H groups in total. The minimum Gasteiger partial charge on any atom is -0.356 e. The second-order valence-electron chi connectivity index (χ2n) is 3.89. The second-order valence-corrected chi connectivity index (χ2v) is 7.55. The standard InChI is InChI=1S/C12H11Cl2N3OS3/c1-2-15-10(18)6-20-11-16-17(12(19)21-11)7-3-4-8(13)9(14)5-7/h3-5H,2,6H2,1H3,(H,15,18). The van der Waals surface area contributed by atoms with E-state index in [-0.39, 0.29) is 5.91 Å². The van der Waals surface area contributed by atoms with Gasteiger partial charge in [0.05, 0.1) is 21.5 Å². The van der Waals surface area contributed by atoms with Crippen LogP contribution in [0.5, 0.6) is 0 Å². The van der Waals surface area contributed by atoms with Gasteiger partial charge in [-0.15, -0.1) is 5.10 Å². The smallest absolute Gasteiger partial charge is 0.230 e. The number of nitrogens with zero attached hydrogens (tertiary/aromatic N) is 2. The molecule has 4 nitrogen and oxygen atoms in total. The first-order valence-electron chi connectivity index (χ1n) is 5.96. The summed E-state index contributed by atoms with van der Waals surface area (Å²) in [5, 5.41) is 8.05. The zero-order chi connectivity index (χ0) is 15.4. The van der Waals surface area contributed by atoms with Crippen molar-refractivity contribution < 1.29 is 4.79 Å². The van der Waals surface area contributed by atoms with Crippen molar-refractivity contribution in [3.63, 3.8) is 0 Å². The molecule has 0 spiro atoms. The fourth-order valence-electron chi connectivity index (χ4n) is 1.47. The minimum atomic E-state index is -0.0234. The van der Waals surface area contributed by atoms with E-state index in [0.717, 1.165) is 10.0 Å². The third-order valence-electron chi connectivity index (χ3n) is 2.38. The van der Waals surface area contributed by atoms with Gasteiger partial charge in [0.2, 0.25) is 5.91 Å². The summed E-state index contributed by atoms with van der Waals surface area (Å²) in [6.45, 7) is 2.50. The first-order valence-corrected chi connectivity index (χ1v) is 8.93. The second kappa shape index (κ2) is 7.60. The number of hydrogen-bond acceptors (Lipinski definition) is 5. The predicted molar refractivity (Wildman–Crippen MR) is 91.7 cm³/mol. The maximum Gasteiger partial charge on any atom is 0.230 e. The molecule has 0 unspecified atom stereocenters. The maximum atomic E-state index is 11.4. The Morgan fingerprint density at radius 1 is 1.48 bits per heavy atom. The average Bonchev–Trinajstić information content (AvgIpc) is 2.81. The van der Waals surface area contributed by atoms with E-state index in [4.69, 9.17) is 35.4 Å². The molecule has 2 aromatic rings. The molecule has 0 atom stereocenters. The van der Waals surface area contributed by atoms with Crippen molar-refractivity contribution in [2.24, 2.45) is 0 Å². The quantitative estimate of drug-likeness (QED) is 0.624. The molecule has 2 rings (SSSR count). The fourth-order valence-corrected chi connectivity index (χ4v) is 3.96. The number of hydrogen-bond donors (Lipinski definition) is 1. The summed E-state index contributed by atoms with van der Waals surface area (Å²) in [6.07, 6.45) is 0. The van der Waals surface area contributed by atoms with E-state index in [0.29, 0.717) is 26.3 Å². The number of nitrogens with one attached hydrogen (secondary N) is 1. The highest BCUT2D eigenvalue weighted by molar-refractivity contribution is 8.01. The number of aromatic nitrogens is 2. The molecular weight excluding hydrogens is 369 g/mol. The molecule has 1 aromatic carbocycles. The van der Waals surface area contributed by atoms with Crippen molar-refractivity contribution in [1.82, 2.24) is 15.1 Å². The molecule has 21 heavy (non-hydrogen) atoms. The Balaban J connectivity index is 2.17. The highest BCUT2D eigenvalue weighted by Crippen LogP contribution is 2.27. The van der Waals surface area contributed by atoms with E-state index in [2.05, 4.69) is 10.4 Å². The van der Waals surface area contributed by atoms with Gasteiger partial charge < -0.3 is 5.32 Å². The minimum absolute atomic E-state index is 0.0234. The highest BCUT2D eigenvalue weighted by atomic mass is 35.5. The predicted octanol–water partition coefficient (Wildman–Crippen LogP) is 4.20. The summed E-state index contributed by atoms with van der Waals surface area (Å²) in [7, 11) is 0. The molecule has 1 amide bonds. The zero-order valence-electron chi connectivity index (χ0n) is 10.9. The fraction of sp³-hybridized carbons (Fsp3) is 0.250. The average molecular weight is 380 g/mol. The van der Waals surface area contributed by atoms with Crippen LogP contribution in [-0.4, -0.2) is 28.0 Å². The van der Waals surface area contributed by atoms with E-state index >= 15 is 0 Å². The van der Waals surface area contributed by atoms with Gasteiger partial charge in [0.25, 0.3) is 0 Å². The Morgan fingerprint density at radius 2 is 2.24 bits per heavy atom. The topological polar surface area (TPSA) is 46.9 Å². The lowest BCUT2D eigenvalue weighted by Crippen LogP contribution is -2.24. The summed E-state index contributed by atoms with van der Waals surface area (Å²) >= 11 is 19.9. The Labute approximate surface area is 145 Å². The highest BCUT2D eigenvalue weighted by Gasteiger charge is 2.10. The van der Waals surface area contributed by atoms with Crippen molar-refractivity contribution in [3.8, 4) is 5.69 Å². The monoisotopic (exact) mass is 379 g/mol. The number of rotatable bonds is 5. The largest absolute Gasteiger partial charge is 0.356 e. The van der Waals surface area contributed by atoms with Crippen LogP contribution in [0, 0.1) is 3.95 Å². The molecule has 0 saturated heterocycles. The van der Waals surface area contributed by atoms with Crippen LogP contribution in [0.2, 0.25) is 10.0 Å². The van der Waals surface area contributed by atoms with Crippen molar-refractivity contribution in [1.29, 1.82) is 0 Å². The van der Waals surface area contributed by atoms with Gasteiger partial charge in [0.15, 0.2) is 8.29 Å². The number of carbonyl (C=O) groups is 1. The van der Waals surface area contributed by atoms with Gasteiger partial charge in [-0.1, -0.05) is 46.3 Å². The lowest BCUT2D eigenvalue weighted by Gasteiger charge is -2.02. The van der Waals surface area contributed by atoms with Gasteiger partial charge in [-0.3, -0.25) is 4.79 Å². The molecule has 1 aromatic heterocycles. The molecule has 0 saturated carbocycles. The van der Waals surface area contributed by atoms with Crippen molar-refractivity contribution in [3.05, 3.63) is 32.2 Å². The van der Waals surface area contributed by atoms with E-state index in [1.54, 1.807) is 22.9 Å². The van der Waals surface area contributed by atoms with Crippen LogP contribution in [0.3, 0.4) is 0 Å². The van der Waals surface area contributed by atoms with Gasteiger partial charge in [-0.25, -0.2) is 4.68 Å². The van der Waals surface area contributed by atoms with Crippen LogP contribution < -0.4 is 5.32 Å². The first-order chi connectivity index (χ1) is 10.0. The maximum absolute atomic E-state index is 11.4. The number of halogens is 2. The van der Waals surface area contributed by atoms with Crippen LogP contribution in [0.4, 0.5) is 0 Å². The van der Waals surface area contributed by atoms with E-state index in [1.807, 2.05) is 6.92 Å². The summed E-state index contributed by atoms with van der Waals surface area (Å²) < 4.78 is 2.94. The Hall–Kier alpha value is -0.600. The van der Waals surface area contributed by atoms with Crippen LogP contribution >= 0.6 is 58.5 Å².